The topological polar surface area (TPSA) is 37.3 Å². The number of hydrogen-bond donors (Lipinski definition) is 1. The standard InChI is InChI=1S/C18H28O2/c1-12(2)9-15-10-14(8-7-13(3)19)11-16(17(15)20)18(4,5)6/h10-12,20H,7-9H2,1-6H3. The lowest BCUT2D eigenvalue weighted by atomic mass is 9.82. The quantitative estimate of drug-likeness (QED) is 0.865. The molecule has 1 aromatic carbocycles. The molecule has 0 saturated heterocycles. The van der Waals surface area contributed by atoms with Gasteiger partial charge in [0.15, 0.2) is 0 Å². The third-order valence-electron chi connectivity index (χ3n) is 3.45. The number of aryl methyl sites for hydroxylation is 1. The van der Waals surface area contributed by atoms with Crippen LogP contribution in [0.2, 0.25) is 0 Å². The Kier molecular flexibility index (Phi) is 5.38. The predicted octanol–water partition coefficient (Wildman–Crippen LogP) is 4.41. The second kappa shape index (κ2) is 6.43. The highest BCUT2D eigenvalue weighted by molar-refractivity contribution is 5.75. The number of ketones is 1. The summed E-state index contributed by atoms with van der Waals surface area (Å²) in [6.45, 7) is 12.2. The summed E-state index contributed by atoms with van der Waals surface area (Å²) in [7, 11) is 0. The lowest BCUT2D eigenvalue weighted by Gasteiger charge is -2.24. The molecule has 0 bridgehead atoms. The van der Waals surface area contributed by atoms with E-state index in [9.17, 15) is 9.90 Å². The molecule has 0 atom stereocenters. The summed E-state index contributed by atoms with van der Waals surface area (Å²) in [6, 6.07) is 4.12. The number of carbonyl (C=O) groups excluding carboxylic acids is 1. The van der Waals surface area contributed by atoms with E-state index in [1.807, 2.05) is 0 Å². The summed E-state index contributed by atoms with van der Waals surface area (Å²) >= 11 is 0. The molecule has 2 nitrogen and oxygen atoms in total. The van der Waals surface area contributed by atoms with Crippen LogP contribution in [0.1, 0.15) is 64.7 Å². The molecule has 0 aromatic heterocycles. The van der Waals surface area contributed by atoms with Crippen LogP contribution in [0.5, 0.6) is 5.75 Å². The van der Waals surface area contributed by atoms with Crippen molar-refractivity contribution in [2.75, 3.05) is 0 Å². The van der Waals surface area contributed by atoms with Crippen LogP contribution in [0.3, 0.4) is 0 Å². The molecule has 1 rings (SSSR count). The Hall–Kier alpha value is -1.31. The number of benzene rings is 1. The van der Waals surface area contributed by atoms with Crippen molar-refractivity contribution in [1.82, 2.24) is 0 Å². The van der Waals surface area contributed by atoms with Gasteiger partial charge in [-0.25, -0.2) is 0 Å². The van der Waals surface area contributed by atoms with E-state index in [2.05, 4.69) is 46.8 Å². The Morgan fingerprint density at radius 2 is 1.85 bits per heavy atom. The number of carbonyl (C=O) groups is 1. The van der Waals surface area contributed by atoms with Crippen molar-refractivity contribution in [3.05, 3.63) is 28.8 Å². The average molecular weight is 276 g/mol. The van der Waals surface area contributed by atoms with E-state index < -0.39 is 0 Å². The van der Waals surface area contributed by atoms with Crippen molar-refractivity contribution in [2.45, 2.75) is 66.2 Å². The molecule has 1 aromatic rings. The first-order valence-corrected chi connectivity index (χ1v) is 7.46. The average Bonchev–Trinajstić information content (AvgIpc) is 2.27. The Morgan fingerprint density at radius 1 is 1.25 bits per heavy atom. The second-order valence-corrected chi connectivity index (χ2v) is 7.20. The van der Waals surface area contributed by atoms with Crippen molar-refractivity contribution in [3.63, 3.8) is 0 Å². The first kappa shape index (κ1) is 16.7. The van der Waals surface area contributed by atoms with Gasteiger partial charge < -0.3 is 9.90 Å². The van der Waals surface area contributed by atoms with Crippen LogP contribution in [0.15, 0.2) is 12.1 Å². The molecule has 0 amide bonds. The zero-order chi connectivity index (χ0) is 15.5. The van der Waals surface area contributed by atoms with Crippen molar-refractivity contribution in [2.24, 2.45) is 5.92 Å². The van der Waals surface area contributed by atoms with Gasteiger partial charge in [0.1, 0.15) is 11.5 Å². The molecule has 0 spiro atoms. The molecule has 0 saturated carbocycles. The number of phenolic OH excluding ortho intramolecular Hbond substituents is 1. The zero-order valence-electron chi connectivity index (χ0n) is 13.7. The maximum absolute atomic E-state index is 11.2. The van der Waals surface area contributed by atoms with Crippen LogP contribution >= 0.6 is 0 Å². The predicted molar refractivity (Wildman–Crippen MR) is 84.4 cm³/mol. The van der Waals surface area contributed by atoms with Crippen LogP contribution in [-0.2, 0) is 23.1 Å². The van der Waals surface area contributed by atoms with E-state index in [0.717, 1.165) is 29.5 Å². The van der Waals surface area contributed by atoms with E-state index in [1.54, 1.807) is 6.92 Å². The molecule has 0 unspecified atom stereocenters. The highest BCUT2D eigenvalue weighted by atomic mass is 16.3. The molecule has 112 valence electrons. The van der Waals surface area contributed by atoms with Crippen molar-refractivity contribution in [1.29, 1.82) is 0 Å². The summed E-state index contributed by atoms with van der Waals surface area (Å²) in [4.78, 5) is 11.2. The van der Waals surface area contributed by atoms with Gasteiger partial charge in [-0.2, -0.15) is 0 Å². The van der Waals surface area contributed by atoms with Gasteiger partial charge >= 0.3 is 0 Å². The van der Waals surface area contributed by atoms with Crippen molar-refractivity contribution < 1.29 is 9.90 Å². The number of hydrogen-bond acceptors (Lipinski definition) is 2. The summed E-state index contributed by atoms with van der Waals surface area (Å²) in [5.74, 6) is 1.13. The Labute approximate surface area is 123 Å². The number of rotatable bonds is 5. The molecule has 0 aliphatic heterocycles. The van der Waals surface area contributed by atoms with Gasteiger partial charge in [0, 0.05) is 6.42 Å². The highest BCUT2D eigenvalue weighted by Gasteiger charge is 2.21. The van der Waals surface area contributed by atoms with Gasteiger partial charge in [-0.05, 0) is 47.8 Å². The van der Waals surface area contributed by atoms with Gasteiger partial charge in [0.25, 0.3) is 0 Å². The van der Waals surface area contributed by atoms with Gasteiger partial charge in [-0.1, -0.05) is 46.8 Å². The molecule has 0 aliphatic carbocycles. The Bertz CT molecular complexity index is 479. The summed E-state index contributed by atoms with van der Waals surface area (Å²) in [5, 5.41) is 10.5. The van der Waals surface area contributed by atoms with Gasteiger partial charge in [0.05, 0.1) is 0 Å². The monoisotopic (exact) mass is 276 g/mol. The molecule has 1 N–H and O–H groups in total. The molecule has 0 fully saturated rings. The van der Waals surface area contributed by atoms with Crippen LogP contribution in [-0.4, -0.2) is 10.9 Å². The van der Waals surface area contributed by atoms with Gasteiger partial charge in [-0.15, -0.1) is 0 Å². The summed E-state index contributed by atoms with van der Waals surface area (Å²) in [6.07, 6.45) is 2.18. The molecule has 20 heavy (non-hydrogen) atoms. The molecular formula is C18H28O2. The smallest absolute Gasteiger partial charge is 0.130 e. The molecule has 0 heterocycles. The molecular weight excluding hydrogens is 248 g/mol. The largest absolute Gasteiger partial charge is 0.507 e. The number of phenols is 1. The van der Waals surface area contributed by atoms with E-state index in [1.165, 1.54) is 0 Å². The first-order chi connectivity index (χ1) is 9.11. The van der Waals surface area contributed by atoms with Crippen molar-refractivity contribution in [3.8, 4) is 5.75 Å². The number of aromatic hydroxyl groups is 1. The minimum Gasteiger partial charge on any atom is -0.507 e. The molecule has 0 aliphatic rings. The van der Waals surface area contributed by atoms with E-state index in [4.69, 9.17) is 0 Å². The molecule has 0 radical (unpaired) electrons. The summed E-state index contributed by atoms with van der Waals surface area (Å²) < 4.78 is 0. The SMILES string of the molecule is CC(=O)CCc1cc(CC(C)C)c(O)c(C(C)(C)C)c1. The minimum absolute atomic E-state index is 0.0952. The highest BCUT2D eigenvalue weighted by Crippen LogP contribution is 2.35. The fraction of sp³-hybridized carbons (Fsp3) is 0.611. The maximum Gasteiger partial charge on any atom is 0.130 e. The Morgan fingerprint density at radius 3 is 2.30 bits per heavy atom. The van der Waals surface area contributed by atoms with Gasteiger partial charge in [0.2, 0.25) is 0 Å². The normalized spacial score (nSPS) is 11.9. The van der Waals surface area contributed by atoms with Crippen LogP contribution in [0.4, 0.5) is 0 Å². The fourth-order valence-corrected chi connectivity index (χ4v) is 2.39. The zero-order valence-corrected chi connectivity index (χ0v) is 13.7. The third-order valence-corrected chi connectivity index (χ3v) is 3.45. The van der Waals surface area contributed by atoms with Crippen molar-refractivity contribution >= 4 is 5.78 Å². The number of Topliss-reactive ketones (excluding diaryl/α,β-unsaturated/α-hetero) is 1. The van der Waals surface area contributed by atoms with E-state index in [0.29, 0.717) is 18.1 Å². The van der Waals surface area contributed by atoms with E-state index in [-0.39, 0.29) is 11.2 Å². The first-order valence-electron chi connectivity index (χ1n) is 7.46. The lowest BCUT2D eigenvalue weighted by molar-refractivity contribution is -0.116. The van der Waals surface area contributed by atoms with Crippen LogP contribution in [0.25, 0.3) is 0 Å². The second-order valence-electron chi connectivity index (χ2n) is 7.20. The fourth-order valence-electron chi connectivity index (χ4n) is 2.39. The van der Waals surface area contributed by atoms with E-state index >= 15 is 0 Å². The lowest BCUT2D eigenvalue weighted by Crippen LogP contribution is -2.13. The summed E-state index contributed by atoms with van der Waals surface area (Å²) in [5.41, 5.74) is 3.04. The van der Waals surface area contributed by atoms with Crippen LogP contribution < -0.4 is 0 Å². The Balaban J connectivity index is 3.22. The van der Waals surface area contributed by atoms with Crippen LogP contribution in [0, 0.1) is 5.92 Å². The van der Waals surface area contributed by atoms with Gasteiger partial charge in [-0.3, -0.25) is 0 Å². The third kappa shape index (κ3) is 4.66. The molecule has 2 heteroatoms. The maximum atomic E-state index is 11.2. The minimum atomic E-state index is -0.0952.